The molecular formula is C17H27N. The van der Waals surface area contributed by atoms with Gasteiger partial charge >= 0.3 is 0 Å². The predicted octanol–water partition coefficient (Wildman–Crippen LogP) is 3.82. The lowest BCUT2D eigenvalue weighted by Crippen LogP contribution is -2.29. The van der Waals surface area contributed by atoms with Crippen LogP contribution in [0.1, 0.15) is 44.7 Å². The van der Waals surface area contributed by atoms with Crippen LogP contribution in [0.25, 0.3) is 0 Å². The Morgan fingerprint density at radius 1 is 1.11 bits per heavy atom. The Morgan fingerprint density at radius 3 is 2.22 bits per heavy atom. The van der Waals surface area contributed by atoms with Gasteiger partial charge in [0.1, 0.15) is 0 Å². The molecule has 1 nitrogen and oxygen atoms in total. The summed E-state index contributed by atoms with van der Waals surface area (Å²) < 4.78 is 0. The molecule has 1 aromatic carbocycles. The normalized spacial score (nSPS) is 17.1. The molecule has 1 atom stereocenters. The van der Waals surface area contributed by atoms with Crippen molar-refractivity contribution in [2.24, 2.45) is 11.8 Å². The van der Waals surface area contributed by atoms with Crippen LogP contribution in [0.2, 0.25) is 0 Å². The van der Waals surface area contributed by atoms with Crippen molar-refractivity contribution in [3.05, 3.63) is 35.4 Å². The van der Waals surface area contributed by atoms with E-state index in [4.69, 9.17) is 0 Å². The molecule has 2 rings (SSSR count). The van der Waals surface area contributed by atoms with Crippen molar-refractivity contribution in [3.8, 4) is 0 Å². The van der Waals surface area contributed by atoms with Crippen LogP contribution >= 0.6 is 0 Å². The molecule has 1 unspecified atom stereocenters. The first-order valence-corrected chi connectivity index (χ1v) is 7.50. The minimum Gasteiger partial charge on any atom is -0.314 e. The van der Waals surface area contributed by atoms with E-state index in [1.807, 2.05) is 0 Å². The maximum absolute atomic E-state index is 3.68. The molecule has 0 amide bonds. The highest BCUT2D eigenvalue weighted by atomic mass is 14.9. The molecule has 0 bridgehead atoms. The van der Waals surface area contributed by atoms with Gasteiger partial charge in [-0.3, -0.25) is 0 Å². The van der Waals surface area contributed by atoms with Crippen molar-refractivity contribution in [2.75, 3.05) is 6.54 Å². The maximum atomic E-state index is 3.68. The fourth-order valence-corrected chi connectivity index (χ4v) is 2.36. The molecule has 1 aliphatic carbocycles. The van der Waals surface area contributed by atoms with Crippen molar-refractivity contribution in [3.63, 3.8) is 0 Å². The van der Waals surface area contributed by atoms with Crippen LogP contribution in [-0.4, -0.2) is 12.6 Å². The Balaban J connectivity index is 1.89. The average Bonchev–Trinajstić information content (AvgIpc) is 3.19. The number of hydrogen-bond donors (Lipinski definition) is 1. The van der Waals surface area contributed by atoms with Gasteiger partial charge in [0.2, 0.25) is 0 Å². The Hall–Kier alpha value is -0.820. The Bertz CT molecular complexity index is 348. The summed E-state index contributed by atoms with van der Waals surface area (Å²) in [6, 6.07) is 10.0. The van der Waals surface area contributed by atoms with Crippen LogP contribution in [0.3, 0.4) is 0 Å². The smallest absolute Gasteiger partial charge is 0.00683 e. The molecule has 0 saturated heterocycles. The fraction of sp³-hybridized carbons (Fsp3) is 0.647. The van der Waals surface area contributed by atoms with Crippen molar-refractivity contribution >= 4 is 0 Å². The summed E-state index contributed by atoms with van der Waals surface area (Å²) in [5.41, 5.74) is 2.93. The van der Waals surface area contributed by atoms with Gasteiger partial charge in [-0.15, -0.1) is 0 Å². The Labute approximate surface area is 112 Å². The van der Waals surface area contributed by atoms with E-state index in [0.717, 1.165) is 24.3 Å². The Morgan fingerprint density at radius 2 is 1.72 bits per heavy atom. The second kappa shape index (κ2) is 6.38. The molecule has 1 heteroatoms. The summed E-state index contributed by atoms with van der Waals surface area (Å²) in [6.45, 7) is 8.09. The van der Waals surface area contributed by atoms with E-state index in [1.165, 1.54) is 36.9 Å². The first-order valence-electron chi connectivity index (χ1n) is 7.50. The third-order valence-corrected chi connectivity index (χ3v) is 4.12. The van der Waals surface area contributed by atoms with Crippen LogP contribution in [0.4, 0.5) is 0 Å². The summed E-state index contributed by atoms with van der Waals surface area (Å²) in [6.07, 6.45) is 5.12. The van der Waals surface area contributed by atoms with Crippen LogP contribution in [0.5, 0.6) is 0 Å². The lowest BCUT2D eigenvalue weighted by Gasteiger charge is -2.21. The molecule has 1 N–H and O–H groups in total. The summed E-state index contributed by atoms with van der Waals surface area (Å²) in [5.74, 6) is 1.51. The molecule has 0 spiro atoms. The number of rotatable bonds is 7. The molecule has 100 valence electrons. The highest BCUT2D eigenvalue weighted by Gasteiger charge is 2.23. The molecule has 1 fully saturated rings. The lowest BCUT2D eigenvalue weighted by molar-refractivity contribution is 0.359. The number of benzene rings is 1. The highest BCUT2D eigenvalue weighted by molar-refractivity contribution is 5.22. The number of hydrogen-bond acceptors (Lipinski definition) is 1. The number of nitrogens with one attached hydrogen (secondary N) is 1. The van der Waals surface area contributed by atoms with Crippen LogP contribution in [-0.2, 0) is 12.8 Å². The molecule has 1 aromatic rings. The van der Waals surface area contributed by atoms with E-state index in [2.05, 4.69) is 50.4 Å². The van der Waals surface area contributed by atoms with Gasteiger partial charge in [0, 0.05) is 6.04 Å². The molecule has 0 aliphatic heterocycles. The second-order valence-corrected chi connectivity index (χ2v) is 6.06. The minimum absolute atomic E-state index is 0.752. The van der Waals surface area contributed by atoms with Crippen molar-refractivity contribution in [1.29, 1.82) is 0 Å². The highest BCUT2D eigenvalue weighted by Crippen LogP contribution is 2.22. The van der Waals surface area contributed by atoms with Crippen molar-refractivity contribution < 1.29 is 0 Å². The molecule has 0 heterocycles. The van der Waals surface area contributed by atoms with E-state index in [0.29, 0.717) is 0 Å². The molecule has 18 heavy (non-hydrogen) atoms. The number of aryl methyl sites for hydroxylation is 1. The van der Waals surface area contributed by atoms with Crippen LogP contribution < -0.4 is 5.32 Å². The van der Waals surface area contributed by atoms with E-state index >= 15 is 0 Å². The predicted molar refractivity (Wildman–Crippen MR) is 78.9 cm³/mol. The quantitative estimate of drug-likeness (QED) is 0.770. The van der Waals surface area contributed by atoms with Gasteiger partial charge in [-0.05, 0) is 55.2 Å². The zero-order chi connectivity index (χ0) is 13.0. The zero-order valence-corrected chi connectivity index (χ0v) is 12.1. The lowest BCUT2D eigenvalue weighted by atomic mass is 9.89. The largest absolute Gasteiger partial charge is 0.314 e. The molecule has 1 saturated carbocycles. The van der Waals surface area contributed by atoms with Crippen LogP contribution in [0, 0.1) is 11.8 Å². The molecule has 1 aliphatic rings. The van der Waals surface area contributed by atoms with Crippen LogP contribution in [0.15, 0.2) is 24.3 Å². The fourth-order valence-electron chi connectivity index (χ4n) is 2.36. The van der Waals surface area contributed by atoms with Gasteiger partial charge in [0.25, 0.3) is 0 Å². The molecular weight excluding hydrogens is 218 g/mol. The van der Waals surface area contributed by atoms with Crippen molar-refractivity contribution in [1.82, 2.24) is 5.32 Å². The monoisotopic (exact) mass is 245 g/mol. The third kappa shape index (κ3) is 4.13. The first kappa shape index (κ1) is 13.6. The molecule has 0 radical (unpaired) electrons. The van der Waals surface area contributed by atoms with Gasteiger partial charge in [-0.25, -0.2) is 0 Å². The van der Waals surface area contributed by atoms with E-state index in [1.54, 1.807) is 0 Å². The maximum Gasteiger partial charge on any atom is 0.00683 e. The van der Waals surface area contributed by atoms with Gasteiger partial charge in [-0.1, -0.05) is 45.0 Å². The summed E-state index contributed by atoms with van der Waals surface area (Å²) in [5, 5.41) is 3.68. The zero-order valence-electron chi connectivity index (χ0n) is 12.1. The summed E-state index contributed by atoms with van der Waals surface area (Å²) in [7, 11) is 0. The third-order valence-electron chi connectivity index (χ3n) is 4.12. The molecule has 0 aromatic heterocycles. The topological polar surface area (TPSA) is 12.0 Å². The van der Waals surface area contributed by atoms with E-state index in [-0.39, 0.29) is 0 Å². The first-order chi connectivity index (χ1) is 8.69. The summed E-state index contributed by atoms with van der Waals surface area (Å²) in [4.78, 5) is 0. The standard InChI is InChI=1S/C17H27N/c1-4-14-5-7-15(8-6-14)11-16(13(2)3)12-18-17-9-10-17/h5-8,13,16-18H,4,9-12H2,1-3H3. The average molecular weight is 245 g/mol. The summed E-state index contributed by atoms with van der Waals surface area (Å²) >= 11 is 0. The van der Waals surface area contributed by atoms with E-state index < -0.39 is 0 Å². The minimum atomic E-state index is 0.752. The Kier molecular flexibility index (Phi) is 4.82. The van der Waals surface area contributed by atoms with Gasteiger partial charge in [-0.2, -0.15) is 0 Å². The van der Waals surface area contributed by atoms with E-state index in [9.17, 15) is 0 Å². The second-order valence-electron chi connectivity index (χ2n) is 6.06. The van der Waals surface area contributed by atoms with Gasteiger partial charge in [0.15, 0.2) is 0 Å². The van der Waals surface area contributed by atoms with Crippen molar-refractivity contribution in [2.45, 2.75) is 52.5 Å². The van der Waals surface area contributed by atoms with Gasteiger partial charge in [0.05, 0.1) is 0 Å². The van der Waals surface area contributed by atoms with Gasteiger partial charge < -0.3 is 5.32 Å². The SMILES string of the molecule is CCc1ccc(CC(CNC2CC2)C(C)C)cc1.